The second-order valence-electron chi connectivity index (χ2n) is 4.56. The Morgan fingerprint density at radius 1 is 1.21 bits per heavy atom. The molecule has 0 radical (unpaired) electrons. The summed E-state index contributed by atoms with van der Waals surface area (Å²) in [6, 6.07) is 7.98. The molecule has 1 unspecified atom stereocenters. The van der Waals surface area contributed by atoms with Gasteiger partial charge in [-0.1, -0.05) is 12.1 Å². The van der Waals surface area contributed by atoms with Crippen molar-refractivity contribution in [2.75, 3.05) is 26.6 Å². The summed E-state index contributed by atoms with van der Waals surface area (Å²) < 4.78 is 5.25. The Morgan fingerprint density at radius 2 is 1.79 bits per heavy atom. The van der Waals surface area contributed by atoms with Crippen LogP contribution < -0.4 is 5.32 Å². The highest BCUT2D eigenvalue weighted by atomic mass is 16.7. The van der Waals surface area contributed by atoms with Gasteiger partial charge < -0.3 is 10.1 Å². The molecule has 5 nitrogen and oxygen atoms in total. The van der Waals surface area contributed by atoms with Gasteiger partial charge in [0.2, 0.25) is 0 Å². The number of carbonyl (C=O) groups is 1. The van der Waals surface area contributed by atoms with E-state index in [4.69, 9.17) is 9.57 Å². The third-order valence-corrected chi connectivity index (χ3v) is 2.71. The molecule has 0 bridgehead atoms. The summed E-state index contributed by atoms with van der Waals surface area (Å²) >= 11 is 0. The minimum Gasteiger partial charge on any atom is -0.383 e. The average molecular weight is 266 g/mol. The number of likely N-dealkylation sites (N-methyl/N-ethyl adjacent to an activating group) is 1. The van der Waals surface area contributed by atoms with Crippen LogP contribution >= 0.6 is 0 Å². The molecule has 106 valence electrons. The van der Waals surface area contributed by atoms with E-state index in [1.807, 2.05) is 24.3 Å². The Kier molecular flexibility index (Phi) is 5.79. The Bertz CT molecular complexity index is 404. The van der Waals surface area contributed by atoms with Gasteiger partial charge in [0.15, 0.2) is 6.10 Å². The zero-order valence-electron chi connectivity index (χ0n) is 12.1. The molecule has 0 aliphatic heterocycles. The second kappa shape index (κ2) is 7.11. The van der Waals surface area contributed by atoms with Crippen LogP contribution in [0.25, 0.3) is 0 Å². The number of anilines is 1. The lowest BCUT2D eigenvalue weighted by Crippen LogP contribution is -2.31. The molecule has 1 N–H and O–H groups in total. The maximum absolute atomic E-state index is 12.0. The SMILES string of the molecule is COC(C(=O)N(C)OC)c1ccc(NC(C)C)cc1. The fraction of sp³-hybridized carbons (Fsp3) is 0.500. The first kappa shape index (κ1) is 15.5. The highest BCUT2D eigenvalue weighted by Gasteiger charge is 2.23. The largest absolute Gasteiger partial charge is 0.383 e. The zero-order chi connectivity index (χ0) is 14.4. The Hall–Kier alpha value is -1.59. The number of hydrogen-bond donors (Lipinski definition) is 1. The lowest BCUT2D eigenvalue weighted by atomic mass is 10.1. The molecular formula is C14H22N2O3. The van der Waals surface area contributed by atoms with Crippen LogP contribution in [0.2, 0.25) is 0 Å². The maximum Gasteiger partial charge on any atom is 0.279 e. The first-order valence-corrected chi connectivity index (χ1v) is 6.20. The summed E-state index contributed by atoms with van der Waals surface area (Å²) in [4.78, 5) is 16.9. The molecule has 0 saturated heterocycles. The van der Waals surface area contributed by atoms with Crippen molar-refractivity contribution in [3.63, 3.8) is 0 Å². The number of rotatable bonds is 6. The number of nitrogens with zero attached hydrogens (tertiary/aromatic N) is 1. The molecule has 19 heavy (non-hydrogen) atoms. The number of nitrogens with one attached hydrogen (secondary N) is 1. The van der Waals surface area contributed by atoms with Gasteiger partial charge in [-0.2, -0.15) is 0 Å². The molecule has 0 aromatic heterocycles. The van der Waals surface area contributed by atoms with Crippen molar-refractivity contribution in [2.24, 2.45) is 0 Å². The van der Waals surface area contributed by atoms with Crippen LogP contribution in [0.15, 0.2) is 24.3 Å². The summed E-state index contributed by atoms with van der Waals surface area (Å²) in [6.45, 7) is 4.14. The number of hydroxylamine groups is 2. The first-order chi connectivity index (χ1) is 8.99. The van der Waals surface area contributed by atoms with Gasteiger partial charge in [-0.25, -0.2) is 5.06 Å². The van der Waals surface area contributed by atoms with E-state index in [1.54, 1.807) is 7.05 Å². The van der Waals surface area contributed by atoms with Gasteiger partial charge in [-0.05, 0) is 31.5 Å². The molecule has 0 fully saturated rings. The summed E-state index contributed by atoms with van der Waals surface area (Å²) in [5.41, 5.74) is 1.81. The van der Waals surface area contributed by atoms with Crippen LogP contribution in [0.3, 0.4) is 0 Å². The van der Waals surface area contributed by atoms with Crippen LogP contribution in [-0.4, -0.2) is 38.3 Å². The maximum atomic E-state index is 12.0. The van der Waals surface area contributed by atoms with Gasteiger partial charge in [-0.15, -0.1) is 0 Å². The molecule has 1 aromatic carbocycles. The summed E-state index contributed by atoms with van der Waals surface area (Å²) in [6.07, 6.45) is -0.655. The monoisotopic (exact) mass is 266 g/mol. The number of benzene rings is 1. The summed E-state index contributed by atoms with van der Waals surface area (Å²) in [7, 11) is 4.51. The number of methoxy groups -OCH3 is 1. The van der Waals surface area contributed by atoms with Crippen LogP contribution in [0.4, 0.5) is 5.69 Å². The molecule has 0 saturated carbocycles. The van der Waals surface area contributed by atoms with Crippen molar-refractivity contribution >= 4 is 11.6 Å². The lowest BCUT2D eigenvalue weighted by Gasteiger charge is -2.21. The van der Waals surface area contributed by atoms with Crippen molar-refractivity contribution in [1.29, 1.82) is 0 Å². The third kappa shape index (κ3) is 4.22. The normalized spacial score (nSPS) is 12.3. The van der Waals surface area contributed by atoms with E-state index < -0.39 is 6.10 Å². The highest BCUT2D eigenvalue weighted by molar-refractivity contribution is 5.81. The topological polar surface area (TPSA) is 50.8 Å². The molecule has 0 heterocycles. The van der Waals surface area contributed by atoms with Crippen LogP contribution in [0, 0.1) is 0 Å². The van der Waals surface area contributed by atoms with Crippen LogP contribution in [0.5, 0.6) is 0 Å². The molecule has 1 aromatic rings. The number of carbonyl (C=O) groups excluding carboxylic acids is 1. The standard InChI is InChI=1S/C14H22N2O3/c1-10(2)15-12-8-6-11(7-9-12)13(18-4)14(17)16(3)19-5/h6-10,13,15H,1-5H3. The molecule has 1 rings (SSSR count). The van der Waals surface area contributed by atoms with E-state index in [0.717, 1.165) is 16.3 Å². The molecule has 5 heteroatoms. The Morgan fingerprint density at radius 3 is 2.21 bits per heavy atom. The fourth-order valence-corrected chi connectivity index (χ4v) is 1.72. The van der Waals surface area contributed by atoms with Crippen molar-refractivity contribution in [1.82, 2.24) is 5.06 Å². The molecule has 0 aliphatic carbocycles. The van der Waals surface area contributed by atoms with Gasteiger partial charge >= 0.3 is 0 Å². The predicted octanol–water partition coefficient (Wildman–Crippen LogP) is 2.21. The zero-order valence-corrected chi connectivity index (χ0v) is 12.1. The van der Waals surface area contributed by atoms with Crippen molar-refractivity contribution < 1.29 is 14.4 Å². The van der Waals surface area contributed by atoms with E-state index in [-0.39, 0.29) is 5.91 Å². The molecule has 0 aliphatic rings. The van der Waals surface area contributed by atoms with Gasteiger partial charge in [0, 0.05) is 25.9 Å². The van der Waals surface area contributed by atoms with Crippen molar-refractivity contribution in [3.8, 4) is 0 Å². The minimum atomic E-state index is -0.655. The van der Waals surface area contributed by atoms with Crippen LogP contribution in [-0.2, 0) is 14.4 Å². The summed E-state index contributed by atoms with van der Waals surface area (Å²) in [5, 5.41) is 4.45. The van der Waals surface area contributed by atoms with Gasteiger partial charge in [0.05, 0.1) is 7.11 Å². The van der Waals surface area contributed by atoms with E-state index >= 15 is 0 Å². The second-order valence-corrected chi connectivity index (χ2v) is 4.56. The van der Waals surface area contributed by atoms with Gasteiger partial charge in [-0.3, -0.25) is 9.63 Å². The van der Waals surface area contributed by atoms with E-state index in [2.05, 4.69) is 19.2 Å². The van der Waals surface area contributed by atoms with E-state index in [9.17, 15) is 4.79 Å². The number of amides is 1. The number of ether oxygens (including phenoxy) is 1. The van der Waals surface area contributed by atoms with Crippen molar-refractivity contribution in [2.45, 2.75) is 26.0 Å². The summed E-state index contributed by atoms with van der Waals surface area (Å²) in [5.74, 6) is -0.241. The molecule has 1 atom stereocenters. The Balaban J connectivity index is 2.85. The molecule has 1 amide bonds. The number of hydrogen-bond acceptors (Lipinski definition) is 4. The first-order valence-electron chi connectivity index (χ1n) is 6.20. The molecule has 0 spiro atoms. The molecular weight excluding hydrogens is 244 g/mol. The van der Waals surface area contributed by atoms with Gasteiger partial charge in [0.25, 0.3) is 5.91 Å². The van der Waals surface area contributed by atoms with Crippen LogP contribution in [0.1, 0.15) is 25.5 Å². The van der Waals surface area contributed by atoms with Gasteiger partial charge in [0.1, 0.15) is 0 Å². The lowest BCUT2D eigenvalue weighted by molar-refractivity contribution is -0.179. The minimum absolute atomic E-state index is 0.241. The fourth-order valence-electron chi connectivity index (χ4n) is 1.72. The third-order valence-electron chi connectivity index (χ3n) is 2.71. The predicted molar refractivity (Wildman–Crippen MR) is 74.7 cm³/mol. The Labute approximate surface area is 114 Å². The van der Waals surface area contributed by atoms with E-state index in [0.29, 0.717) is 6.04 Å². The quantitative estimate of drug-likeness (QED) is 0.802. The smallest absolute Gasteiger partial charge is 0.279 e. The van der Waals surface area contributed by atoms with Crippen molar-refractivity contribution in [3.05, 3.63) is 29.8 Å². The highest BCUT2D eigenvalue weighted by Crippen LogP contribution is 2.21. The van der Waals surface area contributed by atoms with E-state index in [1.165, 1.54) is 14.2 Å². The average Bonchev–Trinajstić information content (AvgIpc) is 2.39.